The van der Waals surface area contributed by atoms with Crippen LogP contribution in [0, 0.1) is 0 Å². The standard InChI is InChI=1S/C11H22O4S/c1-3-14-11(15-4-2)9-16(12)10-5-7-13-8-6-10/h10-11H,3-9H2,1-2H3. The van der Waals surface area contributed by atoms with Crippen molar-refractivity contribution >= 4 is 10.8 Å². The van der Waals surface area contributed by atoms with Crippen LogP contribution in [-0.4, -0.2) is 47.9 Å². The fourth-order valence-electron chi connectivity index (χ4n) is 1.73. The summed E-state index contributed by atoms with van der Waals surface area (Å²) < 4.78 is 28.1. The summed E-state index contributed by atoms with van der Waals surface area (Å²) >= 11 is 0. The third-order valence-corrected chi connectivity index (χ3v) is 4.36. The largest absolute Gasteiger partial charge is 0.381 e. The normalized spacial score (nSPS) is 20.2. The van der Waals surface area contributed by atoms with Gasteiger partial charge in [0.05, 0.1) is 5.75 Å². The van der Waals surface area contributed by atoms with E-state index in [4.69, 9.17) is 14.2 Å². The van der Waals surface area contributed by atoms with Crippen LogP contribution in [-0.2, 0) is 25.0 Å². The van der Waals surface area contributed by atoms with Crippen molar-refractivity contribution in [2.24, 2.45) is 0 Å². The predicted molar refractivity (Wildman–Crippen MR) is 63.9 cm³/mol. The van der Waals surface area contributed by atoms with E-state index in [1.807, 2.05) is 13.8 Å². The first kappa shape index (κ1) is 14.1. The second-order valence-corrected chi connectivity index (χ2v) is 5.46. The molecule has 1 aliphatic heterocycles. The van der Waals surface area contributed by atoms with Gasteiger partial charge < -0.3 is 14.2 Å². The highest BCUT2D eigenvalue weighted by atomic mass is 32.2. The Morgan fingerprint density at radius 1 is 1.25 bits per heavy atom. The topological polar surface area (TPSA) is 44.8 Å². The molecule has 1 atom stereocenters. The molecule has 0 N–H and O–H groups in total. The van der Waals surface area contributed by atoms with Gasteiger partial charge in [-0.1, -0.05) is 0 Å². The highest BCUT2D eigenvalue weighted by Crippen LogP contribution is 2.15. The van der Waals surface area contributed by atoms with Crippen molar-refractivity contribution in [3.63, 3.8) is 0 Å². The number of rotatable bonds is 7. The average Bonchev–Trinajstić information content (AvgIpc) is 2.31. The number of hydrogen-bond acceptors (Lipinski definition) is 4. The van der Waals surface area contributed by atoms with Gasteiger partial charge in [0.15, 0.2) is 6.29 Å². The molecule has 1 aliphatic rings. The zero-order valence-electron chi connectivity index (χ0n) is 10.1. The van der Waals surface area contributed by atoms with Crippen LogP contribution in [0.15, 0.2) is 0 Å². The van der Waals surface area contributed by atoms with Crippen molar-refractivity contribution in [3.05, 3.63) is 0 Å². The average molecular weight is 250 g/mol. The third kappa shape index (κ3) is 4.91. The molecule has 96 valence electrons. The van der Waals surface area contributed by atoms with Crippen molar-refractivity contribution in [2.45, 2.75) is 38.2 Å². The predicted octanol–water partition coefficient (Wildman–Crippen LogP) is 1.31. The molecule has 0 amide bonds. The molecular weight excluding hydrogens is 228 g/mol. The van der Waals surface area contributed by atoms with Gasteiger partial charge in [-0.05, 0) is 26.7 Å². The molecule has 0 radical (unpaired) electrons. The molecule has 0 aromatic rings. The summed E-state index contributed by atoms with van der Waals surface area (Å²) in [7, 11) is -0.870. The van der Waals surface area contributed by atoms with E-state index in [-0.39, 0.29) is 11.5 Å². The minimum Gasteiger partial charge on any atom is -0.381 e. The second-order valence-electron chi connectivity index (χ2n) is 3.70. The first-order valence-corrected chi connectivity index (χ1v) is 7.34. The van der Waals surface area contributed by atoms with E-state index in [1.165, 1.54) is 0 Å². The molecule has 0 bridgehead atoms. The van der Waals surface area contributed by atoms with E-state index < -0.39 is 10.8 Å². The van der Waals surface area contributed by atoms with Crippen LogP contribution >= 0.6 is 0 Å². The highest BCUT2D eigenvalue weighted by molar-refractivity contribution is 7.85. The summed E-state index contributed by atoms with van der Waals surface area (Å²) in [6, 6.07) is 0. The van der Waals surface area contributed by atoms with Crippen LogP contribution in [0.5, 0.6) is 0 Å². The molecule has 1 fully saturated rings. The lowest BCUT2D eigenvalue weighted by Crippen LogP contribution is -2.32. The van der Waals surface area contributed by atoms with Crippen LogP contribution in [0.25, 0.3) is 0 Å². The van der Waals surface area contributed by atoms with E-state index in [2.05, 4.69) is 0 Å². The molecule has 1 unspecified atom stereocenters. The molecule has 1 saturated heterocycles. The SMILES string of the molecule is CCOC(CS(=O)C1CCOCC1)OCC. The Hall–Kier alpha value is 0.0300. The fourth-order valence-corrected chi connectivity index (χ4v) is 3.18. The van der Waals surface area contributed by atoms with Gasteiger partial charge in [0.1, 0.15) is 0 Å². The fraction of sp³-hybridized carbons (Fsp3) is 1.00. The Labute approximate surface area is 100 Å². The van der Waals surface area contributed by atoms with E-state index in [9.17, 15) is 4.21 Å². The maximum atomic E-state index is 12.1. The Balaban J connectivity index is 2.33. The first-order chi connectivity index (χ1) is 7.77. The molecule has 1 heterocycles. The summed E-state index contributed by atoms with van der Waals surface area (Å²) in [6.45, 7) is 6.48. The Morgan fingerprint density at radius 2 is 1.81 bits per heavy atom. The van der Waals surface area contributed by atoms with E-state index >= 15 is 0 Å². The smallest absolute Gasteiger partial charge is 0.168 e. The lowest BCUT2D eigenvalue weighted by Gasteiger charge is -2.24. The van der Waals surface area contributed by atoms with Crippen LogP contribution in [0.3, 0.4) is 0 Å². The highest BCUT2D eigenvalue weighted by Gasteiger charge is 2.23. The summed E-state index contributed by atoms with van der Waals surface area (Å²) in [5.41, 5.74) is 0. The third-order valence-electron chi connectivity index (χ3n) is 2.55. The van der Waals surface area contributed by atoms with Crippen molar-refractivity contribution < 1.29 is 18.4 Å². The van der Waals surface area contributed by atoms with Gasteiger partial charge in [0.25, 0.3) is 0 Å². The monoisotopic (exact) mass is 250 g/mol. The van der Waals surface area contributed by atoms with Crippen molar-refractivity contribution in [1.82, 2.24) is 0 Å². The number of hydrogen-bond donors (Lipinski definition) is 0. The van der Waals surface area contributed by atoms with Crippen molar-refractivity contribution in [2.75, 3.05) is 32.2 Å². The minimum absolute atomic E-state index is 0.247. The van der Waals surface area contributed by atoms with Crippen LogP contribution in [0.4, 0.5) is 0 Å². The van der Waals surface area contributed by atoms with Gasteiger partial charge >= 0.3 is 0 Å². The van der Waals surface area contributed by atoms with Crippen LogP contribution in [0.2, 0.25) is 0 Å². The maximum absolute atomic E-state index is 12.1. The van der Waals surface area contributed by atoms with Crippen molar-refractivity contribution in [1.29, 1.82) is 0 Å². The van der Waals surface area contributed by atoms with Gasteiger partial charge in [0, 0.05) is 42.5 Å². The van der Waals surface area contributed by atoms with E-state index in [0.717, 1.165) is 26.1 Å². The van der Waals surface area contributed by atoms with E-state index in [1.54, 1.807) is 0 Å². The molecule has 0 spiro atoms. The molecular formula is C11H22O4S. The van der Waals surface area contributed by atoms with Crippen LogP contribution < -0.4 is 0 Å². The zero-order valence-corrected chi connectivity index (χ0v) is 11.0. The molecule has 0 saturated carbocycles. The molecule has 0 aliphatic carbocycles. The summed E-state index contributed by atoms with van der Waals surface area (Å²) in [4.78, 5) is 0. The van der Waals surface area contributed by atoms with Gasteiger partial charge in [-0.3, -0.25) is 4.21 Å². The van der Waals surface area contributed by atoms with Gasteiger partial charge in [0.2, 0.25) is 0 Å². The van der Waals surface area contributed by atoms with Crippen molar-refractivity contribution in [3.8, 4) is 0 Å². The molecule has 0 aromatic carbocycles. The first-order valence-electron chi connectivity index (χ1n) is 5.96. The molecule has 5 heteroatoms. The minimum atomic E-state index is -0.870. The zero-order chi connectivity index (χ0) is 11.8. The van der Waals surface area contributed by atoms with Gasteiger partial charge in [-0.2, -0.15) is 0 Å². The lowest BCUT2D eigenvalue weighted by molar-refractivity contribution is -0.120. The van der Waals surface area contributed by atoms with Gasteiger partial charge in [-0.15, -0.1) is 0 Å². The van der Waals surface area contributed by atoms with E-state index in [0.29, 0.717) is 19.0 Å². The molecule has 0 aromatic heterocycles. The summed E-state index contributed by atoms with van der Waals surface area (Å²) in [6.07, 6.45) is 1.45. The maximum Gasteiger partial charge on any atom is 0.168 e. The Kier molecular flexibility index (Phi) is 7.20. The summed E-state index contributed by atoms with van der Waals surface area (Å²) in [5.74, 6) is 0.479. The molecule has 16 heavy (non-hydrogen) atoms. The lowest BCUT2D eigenvalue weighted by atomic mass is 10.2. The van der Waals surface area contributed by atoms with Gasteiger partial charge in [-0.25, -0.2) is 0 Å². The quantitative estimate of drug-likeness (QED) is 0.639. The Bertz CT molecular complexity index is 198. The Morgan fingerprint density at radius 3 is 2.31 bits per heavy atom. The molecule has 1 rings (SSSR count). The number of ether oxygens (including phenoxy) is 3. The summed E-state index contributed by atoms with van der Waals surface area (Å²) in [5, 5.41) is 0.247. The van der Waals surface area contributed by atoms with Crippen LogP contribution in [0.1, 0.15) is 26.7 Å². The molecule has 4 nitrogen and oxygen atoms in total. The second kappa shape index (κ2) is 8.17.